The van der Waals surface area contributed by atoms with E-state index < -0.39 is 0 Å². The summed E-state index contributed by atoms with van der Waals surface area (Å²) < 4.78 is 15.9. The molecule has 3 aliphatic heterocycles. The normalized spacial score (nSPS) is 19.1. The molecule has 34 heavy (non-hydrogen) atoms. The van der Waals surface area contributed by atoms with E-state index in [0.717, 1.165) is 63.3 Å². The number of nitrogens with one attached hydrogen (secondary N) is 1. The van der Waals surface area contributed by atoms with Gasteiger partial charge in [0.1, 0.15) is 5.75 Å². The number of carbonyl (C=O) groups excluding carboxylic acids is 2. The first-order valence-electron chi connectivity index (χ1n) is 12.0. The van der Waals surface area contributed by atoms with E-state index in [9.17, 15) is 9.59 Å². The number of anilines is 1. The molecule has 0 atom stereocenters. The Morgan fingerprint density at radius 2 is 1.62 bits per heavy atom. The van der Waals surface area contributed by atoms with Gasteiger partial charge in [0.05, 0.1) is 7.11 Å². The number of fused-ring (bicyclic) bond motifs is 1. The Labute approximate surface area is 199 Å². The molecule has 0 aliphatic carbocycles. The summed E-state index contributed by atoms with van der Waals surface area (Å²) in [4.78, 5) is 30.1. The molecule has 2 aromatic rings. The van der Waals surface area contributed by atoms with Crippen LogP contribution in [0.5, 0.6) is 17.2 Å². The number of nitrogens with zero attached hydrogens (tertiary/aromatic N) is 2. The SMILES string of the molecule is COc1ccc(NC(=O)C2CCN(C3CCN(C(=O)c4ccc5c(c4)OCO5)CC3)CC2)cc1. The van der Waals surface area contributed by atoms with E-state index in [1.54, 1.807) is 19.2 Å². The van der Waals surface area contributed by atoms with Crippen molar-refractivity contribution >= 4 is 17.5 Å². The van der Waals surface area contributed by atoms with Crippen LogP contribution >= 0.6 is 0 Å². The van der Waals surface area contributed by atoms with Gasteiger partial charge in [-0.2, -0.15) is 0 Å². The summed E-state index contributed by atoms with van der Waals surface area (Å²) in [7, 11) is 1.63. The van der Waals surface area contributed by atoms with Crippen molar-refractivity contribution < 1.29 is 23.8 Å². The monoisotopic (exact) mass is 465 g/mol. The van der Waals surface area contributed by atoms with Crippen molar-refractivity contribution in [2.24, 2.45) is 5.92 Å². The fourth-order valence-corrected chi connectivity index (χ4v) is 5.09. The molecular weight excluding hydrogens is 434 g/mol. The van der Waals surface area contributed by atoms with Crippen molar-refractivity contribution in [2.75, 3.05) is 45.4 Å². The summed E-state index contributed by atoms with van der Waals surface area (Å²) in [5.74, 6) is 2.27. The minimum atomic E-state index is 0.0334. The van der Waals surface area contributed by atoms with E-state index in [-0.39, 0.29) is 24.5 Å². The van der Waals surface area contributed by atoms with Crippen LogP contribution in [0, 0.1) is 5.92 Å². The zero-order valence-electron chi connectivity index (χ0n) is 19.5. The molecule has 0 bridgehead atoms. The van der Waals surface area contributed by atoms with Crippen LogP contribution in [-0.2, 0) is 4.79 Å². The minimum absolute atomic E-state index is 0.0334. The molecule has 5 rings (SSSR count). The Balaban J connectivity index is 1.08. The van der Waals surface area contributed by atoms with E-state index >= 15 is 0 Å². The van der Waals surface area contributed by atoms with Crippen molar-refractivity contribution in [1.29, 1.82) is 0 Å². The second-order valence-electron chi connectivity index (χ2n) is 9.12. The van der Waals surface area contributed by atoms with Crippen molar-refractivity contribution in [2.45, 2.75) is 31.7 Å². The number of hydrogen-bond donors (Lipinski definition) is 1. The molecule has 2 saturated heterocycles. The predicted octanol–water partition coefficient (Wildman–Crippen LogP) is 3.38. The first-order valence-corrected chi connectivity index (χ1v) is 12.0. The van der Waals surface area contributed by atoms with Gasteiger partial charge < -0.3 is 29.3 Å². The highest BCUT2D eigenvalue weighted by atomic mass is 16.7. The molecule has 0 radical (unpaired) electrons. The lowest BCUT2D eigenvalue weighted by molar-refractivity contribution is -0.121. The zero-order valence-corrected chi connectivity index (χ0v) is 19.5. The van der Waals surface area contributed by atoms with Gasteiger partial charge in [-0.15, -0.1) is 0 Å². The lowest BCUT2D eigenvalue weighted by atomic mass is 9.92. The molecule has 1 N–H and O–H groups in total. The van der Waals surface area contributed by atoms with E-state index in [4.69, 9.17) is 14.2 Å². The Morgan fingerprint density at radius 1 is 0.912 bits per heavy atom. The second-order valence-corrected chi connectivity index (χ2v) is 9.12. The summed E-state index contributed by atoms with van der Waals surface area (Å²) >= 11 is 0. The van der Waals surface area contributed by atoms with Crippen LogP contribution in [0.15, 0.2) is 42.5 Å². The van der Waals surface area contributed by atoms with Crippen LogP contribution in [0.3, 0.4) is 0 Å². The topological polar surface area (TPSA) is 80.3 Å². The molecule has 3 heterocycles. The number of rotatable bonds is 5. The Morgan fingerprint density at radius 3 is 2.32 bits per heavy atom. The second kappa shape index (κ2) is 9.93. The molecule has 2 amide bonds. The number of carbonyl (C=O) groups is 2. The maximum absolute atomic E-state index is 13.0. The molecule has 0 spiro atoms. The van der Waals surface area contributed by atoms with E-state index in [1.807, 2.05) is 35.2 Å². The fourth-order valence-electron chi connectivity index (χ4n) is 5.09. The first kappa shape index (κ1) is 22.5. The summed E-state index contributed by atoms with van der Waals surface area (Å²) in [6, 6.07) is 13.3. The predicted molar refractivity (Wildman–Crippen MR) is 127 cm³/mol. The van der Waals surface area contributed by atoms with Gasteiger partial charge in [0.2, 0.25) is 12.7 Å². The standard InChI is InChI=1S/C26H31N3O5/c1-32-22-5-3-20(4-6-22)27-25(30)18-8-12-28(13-9-18)21-10-14-29(15-11-21)26(31)19-2-7-23-24(16-19)34-17-33-23/h2-7,16,18,21H,8-15,17H2,1H3,(H,27,30). The number of hydrogen-bond acceptors (Lipinski definition) is 6. The molecule has 8 nitrogen and oxygen atoms in total. The molecule has 0 aromatic heterocycles. The largest absolute Gasteiger partial charge is 0.497 e. The van der Waals surface area contributed by atoms with E-state index in [0.29, 0.717) is 23.1 Å². The number of likely N-dealkylation sites (tertiary alicyclic amines) is 2. The van der Waals surface area contributed by atoms with Crippen molar-refractivity contribution in [3.8, 4) is 17.2 Å². The van der Waals surface area contributed by atoms with Gasteiger partial charge in [0, 0.05) is 36.3 Å². The Hall–Kier alpha value is -3.26. The van der Waals surface area contributed by atoms with E-state index in [2.05, 4.69) is 10.2 Å². The van der Waals surface area contributed by atoms with Gasteiger partial charge in [-0.25, -0.2) is 0 Å². The number of methoxy groups -OCH3 is 1. The summed E-state index contributed by atoms with van der Waals surface area (Å²) in [5.41, 5.74) is 1.44. The van der Waals surface area contributed by atoms with Crippen LogP contribution in [0.1, 0.15) is 36.0 Å². The third-order valence-corrected chi connectivity index (χ3v) is 7.15. The average Bonchev–Trinajstić information content (AvgIpc) is 3.37. The molecule has 2 fully saturated rings. The Bertz CT molecular complexity index is 1030. The molecule has 2 aromatic carbocycles. The number of ether oxygens (including phenoxy) is 3. The highest BCUT2D eigenvalue weighted by Crippen LogP contribution is 2.33. The van der Waals surface area contributed by atoms with Gasteiger partial charge in [-0.1, -0.05) is 0 Å². The third kappa shape index (κ3) is 4.82. The van der Waals surface area contributed by atoms with Gasteiger partial charge >= 0.3 is 0 Å². The minimum Gasteiger partial charge on any atom is -0.497 e. The quantitative estimate of drug-likeness (QED) is 0.729. The molecule has 3 aliphatic rings. The number of amides is 2. The lowest BCUT2D eigenvalue weighted by Gasteiger charge is -2.41. The maximum atomic E-state index is 13.0. The van der Waals surface area contributed by atoms with Crippen LogP contribution < -0.4 is 19.5 Å². The molecular formula is C26H31N3O5. The van der Waals surface area contributed by atoms with Crippen molar-refractivity contribution in [3.05, 3.63) is 48.0 Å². The summed E-state index contributed by atoms with van der Waals surface area (Å²) in [6.45, 7) is 3.53. The smallest absolute Gasteiger partial charge is 0.253 e. The number of piperidine rings is 2. The van der Waals surface area contributed by atoms with Crippen molar-refractivity contribution in [3.63, 3.8) is 0 Å². The van der Waals surface area contributed by atoms with Crippen LogP contribution in [0.2, 0.25) is 0 Å². The highest BCUT2D eigenvalue weighted by Gasteiger charge is 2.32. The van der Waals surface area contributed by atoms with E-state index in [1.165, 1.54) is 0 Å². The van der Waals surface area contributed by atoms with Gasteiger partial charge in [-0.05, 0) is 81.2 Å². The molecule has 0 unspecified atom stereocenters. The molecule has 8 heteroatoms. The van der Waals surface area contributed by atoms with Crippen LogP contribution in [-0.4, -0.2) is 67.7 Å². The first-order chi connectivity index (χ1) is 16.6. The molecule has 0 saturated carbocycles. The Kier molecular flexibility index (Phi) is 6.58. The summed E-state index contributed by atoms with van der Waals surface area (Å²) in [6.07, 6.45) is 3.63. The van der Waals surface area contributed by atoms with Crippen LogP contribution in [0.4, 0.5) is 5.69 Å². The number of benzene rings is 2. The van der Waals surface area contributed by atoms with Gasteiger partial charge in [-0.3, -0.25) is 9.59 Å². The average molecular weight is 466 g/mol. The fraction of sp³-hybridized carbons (Fsp3) is 0.462. The van der Waals surface area contributed by atoms with Crippen LogP contribution in [0.25, 0.3) is 0 Å². The maximum Gasteiger partial charge on any atom is 0.253 e. The van der Waals surface area contributed by atoms with Gasteiger partial charge in [0.25, 0.3) is 5.91 Å². The third-order valence-electron chi connectivity index (χ3n) is 7.15. The zero-order chi connectivity index (χ0) is 23.5. The summed E-state index contributed by atoms with van der Waals surface area (Å²) in [5, 5.41) is 3.03. The van der Waals surface area contributed by atoms with Gasteiger partial charge in [0.15, 0.2) is 11.5 Å². The highest BCUT2D eigenvalue weighted by molar-refractivity contribution is 5.95. The van der Waals surface area contributed by atoms with Crippen molar-refractivity contribution in [1.82, 2.24) is 9.80 Å². The molecule has 180 valence electrons. The lowest BCUT2D eigenvalue weighted by Crippen LogP contribution is -2.49.